The highest BCUT2D eigenvalue weighted by atomic mass is 35.5. The van der Waals surface area contributed by atoms with E-state index in [9.17, 15) is 9.90 Å². The zero-order chi connectivity index (χ0) is 17.0. The van der Waals surface area contributed by atoms with Gasteiger partial charge in [0.2, 0.25) is 0 Å². The molecule has 1 atom stereocenters. The Labute approximate surface area is 142 Å². The molecule has 2 rings (SSSR count). The number of benzene rings is 1. The maximum Gasteiger partial charge on any atom is 0.156 e. The number of aliphatic hydroxyl groups excluding tert-OH is 1. The number of ether oxygens (including phenoxy) is 1. The number of β-amino-alcohol motifs (C(OH)–C–C–N with tert-alkyl or cyclic N) is 1. The lowest BCUT2D eigenvalue weighted by Crippen LogP contribution is -2.42. The summed E-state index contributed by atoms with van der Waals surface area (Å²) in [7, 11) is 0. The summed E-state index contributed by atoms with van der Waals surface area (Å²) in [6.45, 7) is 6.73. The standard InChI is InChI=1S/C18H24ClNO3/c1-18(2,3)20-10-15(22)11-23-17-9-13(19)5-7-16(17)12-4-6-14(21)8-12/h5,7-9,15,20,22H,4,6,10-11H2,1-3H3. The van der Waals surface area contributed by atoms with Gasteiger partial charge in [-0.05, 0) is 57.0 Å². The van der Waals surface area contributed by atoms with Gasteiger partial charge < -0.3 is 15.2 Å². The van der Waals surface area contributed by atoms with Crippen LogP contribution in [0.3, 0.4) is 0 Å². The smallest absolute Gasteiger partial charge is 0.156 e. The number of nitrogens with one attached hydrogen (secondary N) is 1. The van der Waals surface area contributed by atoms with E-state index in [1.807, 2.05) is 26.8 Å². The molecule has 1 aliphatic carbocycles. The first-order chi connectivity index (χ1) is 10.7. The predicted molar refractivity (Wildman–Crippen MR) is 92.9 cm³/mol. The van der Waals surface area contributed by atoms with Crippen LogP contribution in [0.15, 0.2) is 24.3 Å². The summed E-state index contributed by atoms with van der Waals surface area (Å²) in [4.78, 5) is 11.5. The van der Waals surface area contributed by atoms with Crippen LogP contribution < -0.4 is 10.1 Å². The van der Waals surface area contributed by atoms with Crippen molar-refractivity contribution in [1.29, 1.82) is 0 Å². The molecule has 0 spiro atoms. The molecular formula is C18H24ClNO3. The maximum atomic E-state index is 11.5. The van der Waals surface area contributed by atoms with E-state index in [4.69, 9.17) is 16.3 Å². The minimum Gasteiger partial charge on any atom is -0.490 e. The highest BCUT2D eigenvalue weighted by molar-refractivity contribution is 6.30. The third-order valence-electron chi connectivity index (χ3n) is 3.56. The molecule has 5 heteroatoms. The molecular weight excluding hydrogens is 314 g/mol. The number of halogens is 1. The van der Waals surface area contributed by atoms with Crippen LogP contribution >= 0.6 is 11.6 Å². The lowest BCUT2D eigenvalue weighted by Gasteiger charge is -2.23. The number of ketones is 1. The van der Waals surface area contributed by atoms with E-state index in [-0.39, 0.29) is 17.9 Å². The second-order valence-corrected chi connectivity index (χ2v) is 7.31. The molecule has 23 heavy (non-hydrogen) atoms. The third kappa shape index (κ3) is 5.65. The summed E-state index contributed by atoms with van der Waals surface area (Å²) in [5.41, 5.74) is 1.78. The largest absolute Gasteiger partial charge is 0.490 e. The van der Waals surface area contributed by atoms with Crippen molar-refractivity contribution in [1.82, 2.24) is 5.32 Å². The van der Waals surface area contributed by atoms with Gasteiger partial charge in [0.25, 0.3) is 0 Å². The van der Waals surface area contributed by atoms with E-state index < -0.39 is 6.10 Å². The number of hydrogen-bond acceptors (Lipinski definition) is 4. The molecule has 0 amide bonds. The van der Waals surface area contributed by atoms with Crippen molar-refractivity contribution >= 4 is 23.0 Å². The minimum absolute atomic E-state index is 0.0583. The quantitative estimate of drug-likeness (QED) is 0.836. The number of carbonyl (C=O) groups is 1. The van der Waals surface area contributed by atoms with Crippen molar-refractivity contribution in [3.8, 4) is 5.75 Å². The Morgan fingerprint density at radius 3 is 2.70 bits per heavy atom. The van der Waals surface area contributed by atoms with Gasteiger partial charge in [-0.1, -0.05) is 11.6 Å². The Bertz CT molecular complexity index is 605. The fourth-order valence-electron chi connectivity index (χ4n) is 2.36. The molecule has 4 nitrogen and oxygen atoms in total. The molecule has 0 saturated carbocycles. The average Bonchev–Trinajstić information content (AvgIpc) is 2.88. The van der Waals surface area contributed by atoms with Gasteiger partial charge >= 0.3 is 0 Å². The first-order valence-corrected chi connectivity index (χ1v) is 8.21. The van der Waals surface area contributed by atoms with Gasteiger partial charge in [0.1, 0.15) is 18.5 Å². The first kappa shape index (κ1) is 18.0. The van der Waals surface area contributed by atoms with E-state index in [2.05, 4.69) is 5.32 Å². The molecule has 0 aromatic heterocycles. The highest BCUT2D eigenvalue weighted by Gasteiger charge is 2.18. The van der Waals surface area contributed by atoms with E-state index in [0.717, 1.165) is 11.1 Å². The summed E-state index contributed by atoms with van der Waals surface area (Å²) in [6, 6.07) is 5.37. The second-order valence-electron chi connectivity index (χ2n) is 6.87. The van der Waals surface area contributed by atoms with Crippen molar-refractivity contribution in [3.05, 3.63) is 34.9 Å². The Morgan fingerprint density at radius 2 is 2.09 bits per heavy atom. The molecule has 1 aromatic rings. The fraction of sp³-hybridized carbons (Fsp3) is 0.500. The van der Waals surface area contributed by atoms with Crippen LogP contribution in [0.4, 0.5) is 0 Å². The van der Waals surface area contributed by atoms with Crippen LogP contribution in [0, 0.1) is 0 Å². The van der Waals surface area contributed by atoms with Crippen LogP contribution in [0.5, 0.6) is 5.75 Å². The van der Waals surface area contributed by atoms with Crippen LogP contribution in [-0.4, -0.2) is 35.7 Å². The summed E-state index contributed by atoms with van der Waals surface area (Å²) in [5, 5.41) is 13.9. The Hall–Kier alpha value is -1.36. The summed E-state index contributed by atoms with van der Waals surface area (Å²) >= 11 is 6.05. The van der Waals surface area contributed by atoms with Gasteiger partial charge in [-0.25, -0.2) is 0 Å². The number of carbonyl (C=O) groups excluding carboxylic acids is 1. The van der Waals surface area contributed by atoms with Crippen molar-refractivity contribution in [3.63, 3.8) is 0 Å². The third-order valence-corrected chi connectivity index (χ3v) is 3.80. The summed E-state index contributed by atoms with van der Waals surface area (Å²) in [5.74, 6) is 0.739. The monoisotopic (exact) mass is 337 g/mol. The second kappa shape index (κ2) is 7.47. The van der Waals surface area contributed by atoms with Crippen LogP contribution in [0.25, 0.3) is 5.57 Å². The number of hydrogen-bond donors (Lipinski definition) is 2. The SMILES string of the molecule is CC(C)(C)NCC(O)COc1cc(Cl)ccc1C1=CC(=O)CC1. The van der Waals surface area contributed by atoms with Crippen molar-refractivity contribution in [2.45, 2.75) is 45.3 Å². The van der Waals surface area contributed by atoms with E-state index in [1.165, 1.54) is 0 Å². The normalized spacial score (nSPS) is 16.4. The molecule has 126 valence electrons. The summed E-state index contributed by atoms with van der Waals surface area (Å²) in [6.07, 6.45) is 2.29. The molecule has 0 bridgehead atoms. The molecule has 0 radical (unpaired) electrons. The van der Waals surface area contributed by atoms with Gasteiger partial charge in [-0.15, -0.1) is 0 Å². The van der Waals surface area contributed by atoms with Gasteiger partial charge in [0.15, 0.2) is 5.78 Å². The molecule has 2 N–H and O–H groups in total. The van der Waals surface area contributed by atoms with Crippen LogP contribution in [0.2, 0.25) is 5.02 Å². The van der Waals surface area contributed by atoms with Crippen molar-refractivity contribution in [2.24, 2.45) is 0 Å². The van der Waals surface area contributed by atoms with Gasteiger partial charge in [0.05, 0.1) is 0 Å². The average molecular weight is 338 g/mol. The molecule has 1 aromatic carbocycles. The zero-order valence-corrected chi connectivity index (χ0v) is 14.6. The predicted octanol–water partition coefficient (Wildman–Crippen LogP) is 3.21. The first-order valence-electron chi connectivity index (χ1n) is 7.84. The lowest BCUT2D eigenvalue weighted by atomic mass is 10.0. The van der Waals surface area contributed by atoms with E-state index >= 15 is 0 Å². The highest BCUT2D eigenvalue weighted by Crippen LogP contribution is 2.34. The van der Waals surface area contributed by atoms with Gasteiger partial charge in [0, 0.05) is 29.1 Å². The minimum atomic E-state index is -0.625. The molecule has 0 saturated heterocycles. The fourth-order valence-corrected chi connectivity index (χ4v) is 2.52. The van der Waals surface area contributed by atoms with Crippen LogP contribution in [-0.2, 0) is 4.79 Å². The molecule has 0 fully saturated rings. The summed E-state index contributed by atoms with van der Waals surface area (Å²) < 4.78 is 5.77. The van der Waals surface area contributed by atoms with Gasteiger partial charge in [-0.3, -0.25) is 4.79 Å². The molecule has 1 aliphatic rings. The number of rotatable bonds is 6. The number of aliphatic hydroxyl groups is 1. The molecule has 0 aliphatic heterocycles. The maximum absolute atomic E-state index is 11.5. The molecule has 1 unspecified atom stereocenters. The van der Waals surface area contributed by atoms with Crippen LogP contribution in [0.1, 0.15) is 39.2 Å². The Kier molecular flexibility index (Phi) is 5.84. The Morgan fingerprint density at radius 1 is 1.35 bits per heavy atom. The lowest BCUT2D eigenvalue weighted by molar-refractivity contribution is -0.114. The molecule has 0 heterocycles. The van der Waals surface area contributed by atoms with Crippen molar-refractivity contribution in [2.75, 3.05) is 13.2 Å². The topological polar surface area (TPSA) is 58.6 Å². The zero-order valence-electron chi connectivity index (χ0n) is 13.9. The Balaban J connectivity index is 2.03. The van der Waals surface area contributed by atoms with Gasteiger partial charge in [-0.2, -0.15) is 0 Å². The van der Waals surface area contributed by atoms with E-state index in [0.29, 0.717) is 30.2 Å². The van der Waals surface area contributed by atoms with E-state index in [1.54, 1.807) is 18.2 Å². The number of allylic oxidation sites excluding steroid dienone is 2. The van der Waals surface area contributed by atoms with Crippen molar-refractivity contribution < 1.29 is 14.6 Å².